The number of hydrogen-bond acceptors (Lipinski definition) is 6. The van der Waals surface area contributed by atoms with Gasteiger partial charge in [0.2, 0.25) is 21.8 Å². The molecule has 214 valence electrons. The second-order valence-electron chi connectivity index (χ2n) is 8.77. The zero-order chi connectivity index (χ0) is 28.2. The topological polar surface area (TPSA) is 109 Å². The van der Waals surface area contributed by atoms with Crippen molar-refractivity contribution in [3.63, 3.8) is 0 Å². The summed E-state index contributed by atoms with van der Waals surface area (Å²) in [6.07, 6.45) is -1.39. The Labute approximate surface area is 235 Å². The number of halogens is 4. The molecule has 1 aliphatic rings. The van der Waals surface area contributed by atoms with Crippen LogP contribution >= 0.6 is 12.4 Å². The first-order chi connectivity index (χ1) is 18.4. The van der Waals surface area contributed by atoms with Crippen molar-refractivity contribution < 1.29 is 35.9 Å². The van der Waals surface area contributed by atoms with E-state index in [9.17, 15) is 31.2 Å². The van der Waals surface area contributed by atoms with Crippen LogP contribution in [0.5, 0.6) is 11.5 Å². The Hall–Kier alpha value is -3.68. The normalized spacial score (nSPS) is 16.1. The fourth-order valence-electron chi connectivity index (χ4n) is 4.03. The molecule has 14 heteroatoms. The smallest absolute Gasteiger partial charge is 0.416 e. The zero-order valence-electron chi connectivity index (χ0n) is 21.2. The molecule has 1 atom stereocenters. The highest BCUT2D eigenvalue weighted by molar-refractivity contribution is 7.89. The molecule has 1 unspecified atom stereocenters. The molecule has 2 heterocycles. The minimum Gasteiger partial charge on any atom is -0.456 e. The van der Waals surface area contributed by atoms with E-state index in [0.29, 0.717) is 17.1 Å². The van der Waals surface area contributed by atoms with Crippen molar-refractivity contribution >= 4 is 34.2 Å². The van der Waals surface area contributed by atoms with E-state index in [1.165, 1.54) is 54.4 Å². The fraction of sp³-hybridized carbons (Fsp3) is 0.269. The molecule has 4 rings (SSSR count). The van der Waals surface area contributed by atoms with E-state index >= 15 is 0 Å². The van der Waals surface area contributed by atoms with Gasteiger partial charge in [-0.3, -0.25) is 14.6 Å². The van der Waals surface area contributed by atoms with Crippen LogP contribution in [0.3, 0.4) is 0 Å². The Morgan fingerprint density at radius 3 is 2.27 bits per heavy atom. The Kier molecular flexibility index (Phi) is 9.77. The van der Waals surface area contributed by atoms with Gasteiger partial charge in [-0.25, -0.2) is 8.42 Å². The van der Waals surface area contributed by atoms with Crippen molar-refractivity contribution in [2.75, 3.05) is 19.6 Å². The largest absolute Gasteiger partial charge is 0.456 e. The van der Waals surface area contributed by atoms with Crippen LogP contribution in [0, 0.1) is 0 Å². The molecule has 0 radical (unpaired) electrons. The Balaban J connectivity index is 0.00000441. The summed E-state index contributed by atoms with van der Waals surface area (Å²) in [5.74, 6) is -0.141. The van der Waals surface area contributed by atoms with Crippen LogP contribution in [-0.4, -0.2) is 60.1 Å². The number of ether oxygens (including phenoxy) is 1. The lowest BCUT2D eigenvalue weighted by Crippen LogP contribution is -2.61. The minimum atomic E-state index is -4.49. The number of benzene rings is 2. The number of nitrogens with zero attached hydrogens (tertiary/aromatic N) is 3. The van der Waals surface area contributed by atoms with Crippen LogP contribution in [0.25, 0.3) is 0 Å². The maximum atomic E-state index is 13.5. The van der Waals surface area contributed by atoms with Crippen molar-refractivity contribution in [2.24, 2.45) is 0 Å². The van der Waals surface area contributed by atoms with Gasteiger partial charge in [-0.1, -0.05) is 12.1 Å². The van der Waals surface area contributed by atoms with Crippen molar-refractivity contribution in [2.45, 2.75) is 30.6 Å². The molecule has 1 aliphatic heterocycles. The maximum Gasteiger partial charge on any atom is 0.416 e. The molecule has 0 aliphatic carbocycles. The van der Waals surface area contributed by atoms with Crippen molar-refractivity contribution in [1.82, 2.24) is 19.5 Å². The minimum absolute atomic E-state index is 0. The van der Waals surface area contributed by atoms with Crippen LogP contribution in [0.15, 0.2) is 78.0 Å². The van der Waals surface area contributed by atoms with Gasteiger partial charge in [0.25, 0.3) is 0 Å². The summed E-state index contributed by atoms with van der Waals surface area (Å²) < 4.78 is 72.2. The van der Waals surface area contributed by atoms with Gasteiger partial charge in [-0.2, -0.15) is 17.5 Å². The molecule has 9 nitrogen and oxygen atoms in total. The van der Waals surface area contributed by atoms with E-state index in [1.807, 2.05) is 0 Å². The molecular weight excluding hydrogens is 573 g/mol. The lowest BCUT2D eigenvalue weighted by Gasteiger charge is -2.39. The Bertz CT molecular complexity index is 1420. The molecule has 40 heavy (non-hydrogen) atoms. The molecule has 1 aromatic heterocycles. The first-order valence-electron chi connectivity index (χ1n) is 11.8. The highest BCUT2D eigenvalue weighted by Gasteiger charge is 2.40. The molecular formula is C26H26ClF3N4O5S. The highest BCUT2D eigenvalue weighted by atomic mass is 35.5. The number of carbonyl (C=O) groups is 2. The number of amides is 2. The molecule has 2 aromatic carbocycles. The summed E-state index contributed by atoms with van der Waals surface area (Å²) in [6.45, 7) is 1.01. The molecule has 2 amide bonds. The first kappa shape index (κ1) is 30.9. The average molecular weight is 599 g/mol. The molecule has 3 aromatic rings. The summed E-state index contributed by atoms with van der Waals surface area (Å²) >= 11 is 0. The van der Waals surface area contributed by atoms with Gasteiger partial charge in [0, 0.05) is 39.3 Å². The van der Waals surface area contributed by atoms with Gasteiger partial charge in [0.05, 0.1) is 16.7 Å². The second kappa shape index (κ2) is 12.7. The zero-order valence-corrected chi connectivity index (χ0v) is 22.8. The summed E-state index contributed by atoms with van der Waals surface area (Å²) in [5.41, 5.74) is -0.426. The standard InChI is InChI=1S/C26H25F3N4O5S.ClH/c1-18(34)32-13-14-33(24(17-32)25(35)31-15-19-4-6-20(7-5-19)26(27,28)29)39(36,37)23-10-8-21(9-11-23)38-22-3-2-12-30-16-22;/h2-12,16,24H,13-15,17H2,1H3,(H,31,35);1H. The molecule has 1 fully saturated rings. The van der Waals surface area contributed by atoms with E-state index in [0.717, 1.165) is 16.4 Å². The summed E-state index contributed by atoms with van der Waals surface area (Å²) in [6, 6.07) is 12.1. The third kappa shape index (κ3) is 7.29. The van der Waals surface area contributed by atoms with Crippen molar-refractivity contribution in [3.8, 4) is 11.5 Å². The van der Waals surface area contributed by atoms with Gasteiger partial charge < -0.3 is 15.0 Å². The van der Waals surface area contributed by atoms with E-state index in [2.05, 4.69) is 10.3 Å². The molecule has 1 saturated heterocycles. The van der Waals surface area contributed by atoms with Crippen molar-refractivity contribution in [1.29, 1.82) is 0 Å². The summed E-state index contributed by atoms with van der Waals surface area (Å²) in [4.78, 5) is 30.4. The number of carbonyl (C=O) groups excluding carboxylic acids is 2. The quantitative estimate of drug-likeness (QED) is 0.443. The maximum absolute atomic E-state index is 13.5. The van der Waals surface area contributed by atoms with Crippen LogP contribution in [0.1, 0.15) is 18.1 Å². The highest BCUT2D eigenvalue weighted by Crippen LogP contribution is 2.29. The number of pyridine rings is 1. The van der Waals surface area contributed by atoms with E-state index in [-0.39, 0.29) is 49.4 Å². The van der Waals surface area contributed by atoms with Gasteiger partial charge in [-0.15, -0.1) is 12.4 Å². The van der Waals surface area contributed by atoms with Crippen molar-refractivity contribution in [3.05, 3.63) is 84.2 Å². The number of sulfonamides is 1. The van der Waals surface area contributed by atoms with E-state index in [4.69, 9.17) is 4.74 Å². The van der Waals surface area contributed by atoms with Crippen LogP contribution < -0.4 is 10.1 Å². The number of piperazine rings is 1. The average Bonchev–Trinajstić information content (AvgIpc) is 2.92. The third-order valence-electron chi connectivity index (χ3n) is 6.13. The number of alkyl halides is 3. The van der Waals surface area contributed by atoms with E-state index in [1.54, 1.807) is 18.3 Å². The Morgan fingerprint density at radius 2 is 1.70 bits per heavy atom. The predicted molar refractivity (Wildman–Crippen MR) is 141 cm³/mol. The van der Waals surface area contributed by atoms with Gasteiger partial charge in [0.1, 0.15) is 17.5 Å². The molecule has 0 saturated carbocycles. The third-order valence-corrected chi connectivity index (χ3v) is 8.05. The van der Waals surface area contributed by atoms with Crippen LogP contribution in [0.4, 0.5) is 13.2 Å². The van der Waals surface area contributed by atoms with Gasteiger partial charge in [0.15, 0.2) is 0 Å². The second-order valence-corrected chi connectivity index (χ2v) is 10.7. The fourth-order valence-corrected chi connectivity index (χ4v) is 5.60. The molecule has 0 bridgehead atoms. The number of hydrogen-bond donors (Lipinski definition) is 1. The Morgan fingerprint density at radius 1 is 1.02 bits per heavy atom. The molecule has 0 spiro atoms. The van der Waals surface area contributed by atoms with Crippen LogP contribution in [-0.2, 0) is 32.3 Å². The number of rotatable bonds is 7. The van der Waals surface area contributed by atoms with Gasteiger partial charge in [-0.05, 0) is 54.1 Å². The number of aromatic nitrogens is 1. The van der Waals surface area contributed by atoms with Crippen LogP contribution in [0.2, 0.25) is 0 Å². The van der Waals surface area contributed by atoms with Gasteiger partial charge >= 0.3 is 6.18 Å². The monoisotopic (exact) mass is 598 g/mol. The summed E-state index contributed by atoms with van der Waals surface area (Å²) in [5, 5.41) is 2.59. The predicted octanol–water partition coefficient (Wildman–Crippen LogP) is 3.85. The lowest BCUT2D eigenvalue weighted by atomic mass is 10.1. The SMILES string of the molecule is CC(=O)N1CCN(S(=O)(=O)c2ccc(Oc3cccnc3)cc2)C(C(=O)NCc2ccc(C(F)(F)F)cc2)C1.Cl. The first-order valence-corrected chi connectivity index (χ1v) is 13.3. The number of nitrogens with one attached hydrogen (secondary N) is 1. The van der Waals surface area contributed by atoms with E-state index < -0.39 is 33.7 Å². The summed E-state index contributed by atoms with van der Waals surface area (Å²) in [7, 11) is -4.16. The molecule has 1 N–H and O–H groups in total. The lowest BCUT2D eigenvalue weighted by molar-refractivity contribution is -0.138.